The number of aromatic nitrogens is 2. The van der Waals surface area contributed by atoms with E-state index in [0.29, 0.717) is 18.0 Å². The van der Waals surface area contributed by atoms with Crippen molar-refractivity contribution in [1.29, 1.82) is 0 Å². The molecule has 0 amide bonds. The molecular formula is C16H29N3O. The Morgan fingerprint density at radius 2 is 2.15 bits per heavy atom. The molecule has 0 spiro atoms. The van der Waals surface area contributed by atoms with Crippen LogP contribution in [0.1, 0.15) is 70.5 Å². The van der Waals surface area contributed by atoms with Crippen molar-refractivity contribution in [2.75, 3.05) is 13.7 Å². The highest BCUT2D eigenvalue weighted by Crippen LogP contribution is 2.38. The highest BCUT2D eigenvalue weighted by molar-refractivity contribution is 5.31. The lowest BCUT2D eigenvalue weighted by Crippen LogP contribution is -2.38. The summed E-state index contributed by atoms with van der Waals surface area (Å²) in [7, 11) is 1.75. The fraction of sp³-hybridized carbons (Fsp3) is 0.812. The largest absolute Gasteiger partial charge is 0.493 e. The highest BCUT2D eigenvalue weighted by atomic mass is 16.5. The van der Waals surface area contributed by atoms with Crippen molar-refractivity contribution in [3.63, 3.8) is 0 Å². The fourth-order valence-electron chi connectivity index (χ4n) is 3.31. The summed E-state index contributed by atoms with van der Waals surface area (Å²) in [6, 6.07) is 0.939. The van der Waals surface area contributed by atoms with Gasteiger partial charge in [-0.3, -0.25) is 4.68 Å². The van der Waals surface area contributed by atoms with E-state index in [0.717, 1.165) is 12.3 Å². The molecular weight excluding hydrogens is 250 g/mol. The molecule has 2 atom stereocenters. The molecule has 1 aliphatic carbocycles. The number of ether oxygens (including phenoxy) is 1. The molecule has 1 aromatic heterocycles. The second-order valence-electron chi connectivity index (χ2n) is 6.09. The van der Waals surface area contributed by atoms with Crippen LogP contribution in [0, 0.1) is 0 Å². The van der Waals surface area contributed by atoms with Crippen LogP contribution < -0.4 is 10.1 Å². The summed E-state index contributed by atoms with van der Waals surface area (Å²) in [5, 5.41) is 8.27. The smallest absolute Gasteiger partial charge is 0.160 e. The molecule has 1 fully saturated rings. The number of hydrogen-bond acceptors (Lipinski definition) is 3. The monoisotopic (exact) mass is 279 g/mol. The number of nitrogens with one attached hydrogen (secondary N) is 1. The van der Waals surface area contributed by atoms with Gasteiger partial charge in [-0.2, -0.15) is 5.10 Å². The van der Waals surface area contributed by atoms with E-state index in [9.17, 15) is 0 Å². The minimum Gasteiger partial charge on any atom is -0.493 e. The maximum atomic E-state index is 5.57. The van der Waals surface area contributed by atoms with Crippen molar-refractivity contribution < 1.29 is 4.74 Å². The topological polar surface area (TPSA) is 39.1 Å². The van der Waals surface area contributed by atoms with Crippen molar-refractivity contribution in [3.8, 4) is 5.75 Å². The van der Waals surface area contributed by atoms with E-state index in [2.05, 4.69) is 35.9 Å². The van der Waals surface area contributed by atoms with E-state index in [-0.39, 0.29) is 0 Å². The molecule has 1 aliphatic rings. The molecule has 0 aliphatic heterocycles. The first-order valence-corrected chi connectivity index (χ1v) is 8.03. The highest BCUT2D eigenvalue weighted by Gasteiger charge is 2.31. The maximum Gasteiger partial charge on any atom is 0.160 e. The Kier molecular flexibility index (Phi) is 5.46. The van der Waals surface area contributed by atoms with E-state index >= 15 is 0 Å². The summed E-state index contributed by atoms with van der Waals surface area (Å²) in [5.41, 5.74) is 1.29. The first kappa shape index (κ1) is 15.4. The van der Waals surface area contributed by atoms with Crippen LogP contribution in [-0.4, -0.2) is 29.5 Å². The Hall–Kier alpha value is -1.03. The Labute approximate surface area is 122 Å². The van der Waals surface area contributed by atoms with Crippen LogP contribution in [0.25, 0.3) is 0 Å². The van der Waals surface area contributed by atoms with E-state index < -0.39 is 0 Å². The van der Waals surface area contributed by atoms with Gasteiger partial charge >= 0.3 is 0 Å². The zero-order valence-electron chi connectivity index (χ0n) is 13.4. The summed E-state index contributed by atoms with van der Waals surface area (Å²) in [6.07, 6.45) is 8.19. The zero-order valence-corrected chi connectivity index (χ0v) is 13.4. The molecule has 114 valence electrons. The summed E-state index contributed by atoms with van der Waals surface area (Å²) < 4.78 is 7.72. The second-order valence-corrected chi connectivity index (χ2v) is 6.09. The molecule has 1 heterocycles. The van der Waals surface area contributed by atoms with Gasteiger partial charge in [0.2, 0.25) is 0 Å². The van der Waals surface area contributed by atoms with Crippen LogP contribution in [0.2, 0.25) is 0 Å². The van der Waals surface area contributed by atoms with E-state index in [4.69, 9.17) is 4.74 Å². The third kappa shape index (κ3) is 3.17. The molecule has 20 heavy (non-hydrogen) atoms. The Bertz CT molecular complexity index is 414. The van der Waals surface area contributed by atoms with Crippen LogP contribution in [0.3, 0.4) is 0 Å². The lowest BCUT2D eigenvalue weighted by Gasteiger charge is -2.33. The average molecular weight is 279 g/mol. The Morgan fingerprint density at radius 1 is 1.40 bits per heavy atom. The van der Waals surface area contributed by atoms with Crippen LogP contribution in [0.4, 0.5) is 0 Å². The minimum atomic E-state index is 0.377. The minimum absolute atomic E-state index is 0.377. The van der Waals surface area contributed by atoms with Gasteiger partial charge in [-0.25, -0.2) is 0 Å². The predicted molar refractivity (Wildman–Crippen MR) is 82.5 cm³/mol. The molecule has 4 heteroatoms. The lowest BCUT2D eigenvalue weighted by molar-refractivity contribution is 0.300. The van der Waals surface area contributed by atoms with Crippen LogP contribution >= 0.6 is 0 Å². The maximum absolute atomic E-state index is 5.57. The van der Waals surface area contributed by atoms with Crippen molar-refractivity contribution in [3.05, 3.63) is 11.9 Å². The van der Waals surface area contributed by atoms with Crippen LogP contribution in [-0.2, 0) is 0 Å². The SMILES string of the molecule is CCCNC1CCCCC1c1c(OC)cnn1C(C)C. The Morgan fingerprint density at radius 3 is 2.80 bits per heavy atom. The van der Waals surface area contributed by atoms with Crippen LogP contribution in [0.15, 0.2) is 6.20 Å². The van der Waals surface area contributed by atoms with Gasteiger partial charge in [-0.1, -0.05) is 19.8 Å². The van der Waals surface area contributed by atoms with Crippen molar-refractivity contribution in [2.24, 2.45) is 0 Å². The fourth-order valence-corrected chi connectivity index (χ4v) is 3.31. The number of rotatable bonds is 6. The van der Waals surface area contributed by atoms with Gasteiger partial charge in [0.15, 0.2) is 5.75 Å². The molecule has 1 N–H and O–H groups in total. The first-order valence-electron chi connectivity index (χ1n) is 8.03. The molecule has 0 aromatic carbocycles. The molecule has 2 unspecified atom stereocenters. The van der Waals surface area contributed by atoms with Gasteiger partial charge < -0.3 is 10.1 Å². The normalized spacial score (nSPS) is 23.2. The lowest BCUT2D eigenvalue weighted by atomic mass is 9.82. The van der Waals surface area contributed by atoms with Gasteiger partial charge in [-0.15, -0.1) is 0 Å². The van der Waals surface area contributed by atoms with Gasteiger partial charge in [0.05, 0.1) is 19.0 Å². The quantitative estimate of drug-likeness (QED) is 0.866. The molecule has 1 saturated carbocycles. The van der Waals surface area contributed by atoms with E-state index in [1.165, 1.54) is 37.8 Å². The van der Waals surface area contributed by atoms with Gasteiger partial charge in [0.25, 0.3) is 0 Å². The summed E-state index contributed by atoms with van der Waals surface area (Å²) in [4.78, 5) is 0. The second kappa shape index (κ2) is 7.11. The number of nitrogens with zero attached hydrogens (tertiary/aromatic N) is 2. The molecule has 0 saturated heterocycles. The van der Waals surface area contributed by atoms with Gasteiger partial charge in [0.1, 0.15) is 0 Å². The standard InChI is InChI=1S/C16H29N3O/c1-5-10-17-14-9-7-6-8-13(14)16-15(20-4)11-18-19(16)12(2)3/h11-14,17H,5-10H2,1-4H3. The van der Waals surface area contributed by atoms with Gasteiger partial charge in [-0.05, 0) is 39.7 Å². The van der Waals surface area contributed by atoms with Crippen molar-refractivity contribution in [2.45, 2.75) is 70.9 Å². The summed E-state index contributed by atoms with van der Waals surface area (Å²) in [5.74, 6) is 1.48. The molecule has 0 radical (unpaired) electrons. The molecule has 4 nitrogen and oxygen atoms in total. The molecule has 0 bridgehead atoms. The molecule has 1 aromatic rings. The zero-order chi connectivity index (χ0) is 14.5. The number of hydrogen-bond donors (Lipinski definition) is 1. The first-order chi connectivity index (χ1) is 9.69. The summed E-state index contributed by atoms with van der Waals surface area (Å²) in [6.45, 7) is 7.70. The third-order valence-electron chi connectivity index (χ3n) is 4.28. The Balaban J connectivity index is 2.28. The van der Waals surface area contributed by atoms with E-state index in [1.807, 2.05) is 6.20 Å². The number of methoxy groups -OCH3 is 1. The van der Waals surface area contributed by atoms with E-state index in [1.54, 1.807) is 7.11 Å². The molecule has 2 rings (SSSR count). The van der Waals surface area contributed by atoms with Crippen LogP contribution in [0.5, 0.6) is 5.75 Å². The third-order valence-corrected chi connectivity index (χ3v) is 4.28. The average Bonchev–Trinajstić information content (AvgIpc) is 2.89. The summed E-state index contributed by atoms with van der Waals surface area (Å²) >= 11 is 0. The van der Waals surface area contributed by atoms with Crippen molar-refractivity contribution in [1.82, 2.24) is 15.1 Å². The van der Waals surface area contributed by atoms with Gasteiger partial charge in [0, 0.05) is 18.0 Å². The predicted octanol–water partition coefficient (Wildman–Crippen LogP) is 3.50. The van der Waals surface area contributed by atoms with Crippen molar-refractivity contribution >= 4 is 0 Å².